The summed E-state index contributed by atoms with van der Waals surface area (Å²) in [7, 11) is 2.24. The predicted molar refractivity (Wildman–Crippen MR) is 112 cm³/mol. The van der Waals surface area contributed by atoms with Crippen LogP contribution >= 0.6 is 11.6 Å². The van der Waals surface area contributed by atoms with Crippen LogP contribution in [0, 0.1) is 5.92 Å². The van der Waals surface area contributed by atoms with Crippen molar-refractivity contribution in [1.82, 2.24) is 14.7 Å². The van der Waals surface area contributed by atoms with E-state index in [0.29, 0.717) is 5.92 Å². The van der Waals surface area contributed by atoms with Crippen LogP contribution in [0.1, 0.15) is 45.6 Å². The Hall–Kier alpha value is -0.610. The van der Waals surface area contributed by atoms with Crippen molar-refractivity contribution >= 4 is 11.6 Å². The molecule has 0 aromatic heterocycles. The Morgan fingerprint density at radius 3 is 2.23 bits per heavy atom. The first-order chi connectivity index (χ1) is 12.5. The van der Waals surface area contributed by atoms with Gasteiger partial charge >= 0.3 is 0 Å². The van der Waals surface area contributed by atoms with Crippen LogP contribution in [-0.4, -0.2) is 67.1 Å². The maximum absolute atomic E-state index is 6.18. The van der Waals surface area contributed by atoms with Crippen LogP contribution in [0.15, 0.2) is 24.3 Å². The smallest absolute Gasteiger partial charge is 0.0464 e. The van der Waals surface area contributed by atoms with Crippen LogP contribution in [0.4, 0.5) is 0 Å². The molecule has 26 heavy (non-hydrogen) atoms. The summed E-state index contributed by atoms with van der Waals surface area (Å²) in [4.78, 5) is 7.91. The van der Waals surface area contributed by atoms with Gasteiger partial charge in [0.05, 0.1) is 0 Å². The summed E-state index contributed by atoms with van der Waals surface area (Å²) in [6.07, 6.45) is 3.79. The summed E-state index contributed by atoms with van der Waals surface area (Å²) in [5.74, 6) is 0.712. The molecule has 3 atom stereocenters. The maximum atomic E-state index is 6.18. The van der Waals surface area contributed by atoms with Gasteiger partial charge in [0, 0.05) is 42.8 Å². The van der Waals surface area contributed by atoms with Gasteiger partial charge in [-0.2, -0.15) is 0 Å². The van der Waals surface area contributed by atoms with Crippen molar-refractivity contribution < 1.29 is 0 Å². The minimum atomic E-state index is 0.163. The van der Waals surface area contributed by atoms with Gasteiger partial charge in [-0.3, -0.25) is 9.80 Å². The molecule has 2 aliphatic rings. The molecule has 3 unspecified atom stereocenters. The minimum Gasteiger partial charge on any atom is -0.304 e. The van der Waals surface area contributed by atoms with Crippen LogP contribution in [0.2, 0.25) is 5.02 Å². The quantitative estimate of drug-likeness (QED) is 0.756. The zero-order valence-corrected chi connectivity index (χ0v) is 17.8. The van der Waals surface area contributed by atoms with Crippen molar-refractivity contribution in [3.63, 3.8) is 0 Å². The molecule has 0 N–H and O–H groups in total. The van der Waals surface area contributed by atoms with E-state index in [1.54, 1.807) is 0 Å². The van der Waals surface area contributed by atoms with Crippen LogP contribution < -0.4 is 0 Å². The largest absolute Gasteiger partial charge is 0.304 e. The van der Waals surface area contributed by atoms with Crippen molar-refractivity contribution in [3.05, 3.63) is 34.9 Å². The first kappa shape index (κ1) is 20.1. The molecule has 0 spiro atoms. The highest BCUT2D eigenvalue weighted by Gasteiger charge is 2.45. The van der Waals surface area contributed by atoms with Crippen molar-refractivity contribution in [3.8, 4) is 0 Å². The number of nitrogens with zero attached hydrogens (tertiary/aromatic N) is 3. The second-order valence-corrected chi connectivity index (χ2v) is 8.77. The second kappa shape index (κ2) is 8.60. The van der Waals surface area contributed by atoms with Gasteiger partial charge in [0.15, 0.2) is 0 Å². The lowest BCUT2D eigenvalue weighted by molar-refractivity contribution is -0.0171. The topological polar surface area (TPSA) is 9.72 Å². The van der Waals surface area contributed by atoms with Gasteiger partial charge in [0.25, 0.3) is 0 Å². The molecule has 1 saturated heterocycles. The Balaban J connectivity index is 1.82. The minimum absolute atomic E-state index is 0.163. The van der Waals surface area contributed by atoms with E-state index < -0.39 is 0 Å². The Bertz CT molecular complexity index is 563. The van der Waals surface area contributed by atoms with Gasteiger partial charge in [-0.25, -0.2) is 0 Å². The lowest BCUT2D eigenvalue weighted by Gasteiger charge is -2.53. The molecular weight excluding hydrogens is 342 g/mol. The number of hydrogen-bond donors (Lipinski definition) is 0. The van der Waals surface area contributed by atoms with E-state index in [1.807, 2.05) is 0 Å². The fourth-order valence-electron chi connectivity index (χ4n) is 5.46. The first-order valence-electron chi connectivity index (χ1n) is 10.4. The van der Waals surface area contributed by atoms with Gasteiger partial charge in [0.1, 0.15) is 0 Å². The van der Waals surface area contributed by atoms with E-state index in [1.165, 1.54) is 51.0 Å². The maximum Gasteiger partial charge on any atom is 0.0464 e. The monoisotopic (exact) mass is 377 g/mol. The fraction of sp³-hybridized carbons (Fsp3) is 0.727. The molecule has 1 aliphatic heterocycles. The Kier molecular flexibility index (Phi) is 6.66. The number of rotatable bonds is 5. The third-order valence-electron chi connectivity index (χ3n) is 6.93. The molecule has 1 saturated carbocycles. The summed E-state index contributed by atoms with van der Waals surface area (Å²) in [6.45, 7) is 14.2. The van der Waals surface area contributed by atoms with Crippen molar-refractivity contribution in [2.75, 3.05) is 46.3 Å². The van der Waals surface area contributed by atoms with Gasteiger partial charge in [-0.05, 0) is 63.0 Å². The summed E-state index contributed by atoms with van der Waals surface area (Å²) >= 11 is 6.18. The molecule has 1 aromatic rings. The lowest BCUT2D eigenvalue weighted by atomic mass is 9.68. The molecule has 0 bridgehead atoms. The van der Waals surface area contributed by atoms with E-state index in [2.05, 4.69) is 66.8 Å². The van der Waals surface area contributed by atoms with E-state index in [-0.39, 0.29) is 5.54 Å². The van der Waals surface area contributed by atoms with Gasteiger partial charge < -0.3 is 4.90 Å². The average molecular weight is 378 g/mol. The molecule has 0 radical (unpaired) electrons. The summed E-state index contributed by atoms with van der Waals surface area (Å²) in [6, 6.07) is 9.41. The standard InChI is InChI=1S/C22H36ClN3/c1-5-26(6-2)22(19-7-9-20(23)10-8-19)12-11-21(18(3)17-22)25-15-13-24(4)14-16-25/h7-10,18,21H,5-6,11-17H2,1-4H3. The first-order valence-corrected chi connectivity index (χ1v) is 10.8. The van der Waals surface area contributed by atoms with E-state index in [9.17, 15) is 0 Å². The summed E-state index contributed by atoms with van der Waals surface area (Å²) < 4.78 is 0. The molecule has 3 rings (SSSR count). The number of halogens is 1. The number of benzene rings is 1. The third-order valence-corrected chi connectivity index (χ3v) is 7.18. The lowest BCUT2D eigenvalue weighted by Crippen LogP contribution is -2.57. The van der Waals surface area contributed by atoms with Gasteiger partial charge in [-0.1, -0.05) is 44.5 Å². The Labute approximate surface area is 165 Å². The zero-order valence-electron chi connectivity index (χ0n) is 17.0. The normalized spacial score (nSPS) is 31.5. The molecule has 2 fully saturated rings. The molecule has 146 valence electrons. The van der Waals surface area contributed by atoms with Gasteiger partial charge in [-0.15, -0.1) is 0 Å². The third kappa shape index (κ3) is 3.96. The highest BCUT2D eigenvalue weighted by atomic mass is 35.5. The highest BCUT2D eigenvalue weighted by molar-refractivity contribution is 6.30. The number of piperazine rings is 1. The molecule has 4 heteroatoms. The van der Waals surface area contributed by atoms with Crippen LogP contribution in [0.5, 0.6) is 0 Å². The Morgan fingerprint density at radius 2 is 1.69 bits per heavy atom. The second-order valence-electron chi connectivity index (χ2n) is 8.34. The number of hydrogen-bond acceptors (Lipinski definition) is 3. The van der Waals surface area contributed by atoms with E-state index >= 15 is 0 Å². The van der Waals surface area contributed by atoms with Gasteiger partial charge in [0.2, 0.25) is 0 Å². The fourth-order valence-corrected chi connectivity index (χ4v) is 5.58. The summed E-state index contributed by atoms with van der Waals surface area (Å²) in [5, 5.41) is 0.836. The van der Waals surface area contributed by atoms with Crippen LogP contribution in [0.25, 0.3) is 0 Å². The molecule has 0 amide bonds. The molecule has 1 aromatic carbocycles. The van der Waals surface area contributed by atoms with E-state index in [4.69, 9.17) is 11.6 Å². The molecule has 1 aliphatic carbocycles. The highest BCUT2D eigenvalue weighted by Crippen LogP contribution is 2.46. The zero-order chi connectivity index (χ0) is 18.7. The average Bonchev–Trinajstić information content (AvgIpc) is 2.64. The van der Waals surface area contributed by atoms with Crippen LogP contribution in [0.3, 0.4) is 0 Å². The van der Waals surface area contributed by atoms with Crippen molar-refractivity contribution in [2.45, 2.75) is 51.6 Å². The Morgan fingerprint density at radius 1 is 1.08 bits per heavy atom. The van der Waals surface area contributed by atoms with E-state index in [0.717, 1.165) is 24.2 Å². The van der Waals surface area contributed by atoms with Crippen molar-refractivity contribution in [1.29, 1.82) is 0 Å². The van der Waals surface area contributed by atoms with Crippen LogP contribution in [-0.2, 0) is 5.54 Å². The molecule has 3 nitrogen and oxygen atoms in total. The summed E-state index contributed by atoms with van der Waals surface area (Å²) in [5.41, 5.74) is 1.62. The molecular formula is C22H36ClN3. The SMILES string of the molecule is CCN(CC)C1(c2ccc(Cl)cc2)CCC(N2CCN(C)CC2)C(C)C1. The number of likely N-dealkylation sites (N-methyl/N-ethyl adjacent to an activating group) is 1. The van der Waals surface area contributed by atoms with Crippen molar-refractivity contribution in [2.24, 2.45) is 5.92 Å². The predicted octanol–water partition coefficient (Wildman–Crippen LogP) is 4.31. The molecule has 1 heterocycles.